The molecule has 36 heavy (non-hydrogen) atoms. The fraction of sp³-hybridized carbons (Fsp3) is 0.269. The molecule has 3 N–H and O–H groups in total. The quantitative estimate of drug-likeness (QED) is 0.374. The van der Waals surface area contributed by atoms with Crippen LogP contribution in [0.1, 0.15) is 22.6 Å². The van der Waals surface area contributed by atoms with Crippen molar-refractivity contribution in [2.75, 3.05) is 26.3 Å². The van der Waals surface area contributed by atoms with Gasteiger partial charge in [-0.25, -0.2) is 9.59 Å². The Morgan fingerprint density at radius 1 is 0.917 bits per heavy atom. The second kappa shape index (κ2) is 10.6. The zero-order valence-electron chi connectivity index (χ0n) is 20.0. The first kappa shape index (κ1) is 25.0. The van der Waals surface area contributed by atoms with Gasteiger partial charge >= 0.3 is 11.3 Å². The van der Waals surface area contributed by atoms with Gasteiger partial charge in [0.15, 0.2) is 0 Å². The van der Waals surface area contributed by atoms with Crippen molar-refractivity contribution in [1.82, 2.24) is 9.13 Å². The molecule has 2 aromatic heterocycles. The summed E-state index contributed by atoms with van der Waals surface area (Å²) in [4.78, 5) is 38.0. The summed E-state index contributed by atoms with van der Waals surface area (Å²) >= 11 is 0. The van der Waals surface area contributed by atoms with E-state index in [0.29, 0.717) is 5.56 Å². The van der Waals surface area contributed by atoms with Gasteiger partial charge in [-0.2, -0.15) is 0 Å². The van der Waals surface area contributed by atoms with Crippen LogP contribution < -0.4 is 27.3 Å². The van der Waals surface area contributed by atoms with E-state index in [-0.39, 0.29) is 27.8 Å². The molecular weight excluding hydrogens is 466 g/mol. The zero-order valence-corrected chi connectivity index (χ0v) is 20.0. The molecule has 10 nitrogen and oxygen atoms in total. The number of ether oxygens (including phenoxy) is 1. The van der Waals surface area contributed by atoms with E-state index in [1.165, 1.54) is 20.2 Å². The van der Waals surface area contributed by atoms with Gasteiger partial charge in [0.2, 0.25) is 0 Å². The number of benzene rings is 2. The Kier molecular flexibility index (Phi) is 7.37. The molecule has 0 radical (unpaired) electrons. The van der Waals surface area contributed by atoms with E-state index >= 15 is 0 Å². The highest BCUT2D eigenvalue weighted by atomic mass is 16.5. The van der Waals surface area contributed by atoms with Crippen molar-refractivity contribution in [3.8, 4) is 11.6 Å². The summed E-state index contributed by atoms with van der Waals surface area (Å²) in [5.41, 5.74) is -2.49. The molecule has 188 valence electrons. The molecule has 1 atom stereocenters. The van der Waals surface area contributed by atoms with E-state index in [2.05, 4.69) is 5.32 Å². The molecule has 0 bridgehead atoms. The van der Waals surface area contributed by atoms with Crippen LogP contribution in [0.5, 0.6) is 11.6 Å². The van der Waals surface area contributed by atoms with Crippen LogP contribution in [0.25, 0.3) is 11.0 Å². The summed E-state index contributed by atoms with van der Waals surface area (Å²) in [5, 5.41) is 26.5. The summed E-state index contributed by atoms with van der Waals surface area (Å²) in [6, 6.07) is 14.8. The maximum atomic E-state index is 13.0. The van der Waals surface area contributed by atoms with Gasteiger partial charge in [-0.3, -0.25) is 9.36 Å². The van der Waals surface area contributed by atoms with Crippen LogP contribution in [0.15, 0.2) is 73.4 Å². The highest BCUT2D eigenvalue weighted by molar-refractivity contribution is 5.84. The summed E-state index contributed by atoms with van der Waals surface area (Å²) < 4.78 is 12.0. The monoisotopic (exact) mass is 493 g/mol. The minimum atomic E-state index is -1.23. The largest absolute Gasteiger partial charge is 0.860 e. The molecule has 1 unspecified atom stereocenters. The first-order valence-electron chi connectivity index (χ1n) is 11.5. The molecule has 0 saturated carbocycles. The number of quaternary nitrogens is 1. The van der Waals surface area contributed by atoms with Crippen LogP contribution in [-0.2, 0) is 18.8 Å². The molecule has 0 spiro atoms. The fourth-order valence-corrected chi connectivity index (χ4v) is 4.20. The third-order valence-corrected chi connectivity index (χ3v) is 6.11. The van der Waals surface area contributed by atoms with Gasteiger partial charge in [-0.1, -0.05) is 42.5 Å². The van der Waals surface area contributed by atoms with Crippen molar-refractivity contribution < 1.29 is 24.7 Å². The van der Waals surface area contributed by atoms with Gasteiger partial charge in [-0.05, 0) is 23.6 Å². The summed E-state index contributed by atoms with van der Waals surface area (Å²) in [7, 11) is 2.50. The number of fused-ring (bicyclic) bond motifs is 1. The number of morpholine rings is 1. The van der Waals surface area contributed by atoms with Crippen molar-refractivity contribution in [2.24, 2.45) is 14.1 Å². The lowest BCUT2D eigenvalue weighted by molar-refractivity contribution is -0.670. The molecule has 5 rings (SSSR count). The standard InChI is InChI=1S/C22H18N2O6.C4H9NO/c1-23-19(26)17(20(27)24(2)22(23)29)15(12-8-4-3-5-9-12)16-18(25)13-10-6-7-11-14(13)30-21(16)28;1-3-6-4-2-5-1/h3-11,15,25-26H,1-2H3;5H,1-4H2. The molecule has 2 aromatic carbocycles. The first-order chi connectivity index (χ1) is 17.3. The molecular formula is C26H27N3O7. The molecule has 4 aromatic rings. The number of aromatic hydroxyl groups is 1. The number of para-hydroxylation sites is 1. The topological polar surface area (TPSA) is 143 Å². The summed E-state index contributed by atoms with van der Waals surface area (Å²) in [6.07, 6.45) is 0. The lowest BCUT2D eigenvalue weighted by Crippen LogP contribution is -2.87. The molecule has 10 heteroatoms. The van der Waals surface area contributed by atoms with Crippen LogP contribution in [0.4, 0.5) is 0 Å². The lowest BCUT2D eigenvalue weighted by atomic mass is 9.85. The van der Waals surface area contributed by atoms with Gasteiger partial charge < -0.3 is 29.3 Å². The Morgan fingerprint density at radius 2 is 1.56 bits per heavy atom. The molecule has 3 heterocycles. The molecule has 1 aliphatic heterocycles. The van der Waals surface area contributed by atoms with Crippen molar-refractivity contribution in [1.29, 1.82) is 0 Å². The fourth-order valence-electron chi connectivity index (χ4n) is 4.20. The maximum absolute atomic E-state index is 13.0. The van der Waals surface area contributed by atoms with E-state index in [1.54, 1.807) is 48.5 Å². The minimum Gasteiger partial charge on any atom is -0.860 e. The minimum absolute atomic E-state index is 0.172. The highest BCUT2D eigenvalue weighted by Crippen LogP contribution is 2.38. The van der Waals surface area contributed by atoms with E-state index < -0.39 is 28.7 Å². The van der Waals surface area contributed by atoms with Gasteiger partial charge in [0.25, 0.3) is 5.56 Å². The van der Waals surface area contributed by atoms with Crippen molar-refractivity contribution in [3.05, 3.63) is 103 Å². The predicted molar refractivity (Wildman–Crippen MR) is 130 cm³/mol. The Balaban J connectivity index is 0.000000445. The smallest absolute Gasteiger partial charge is 0.344 e. The zero-order chi connectivity index (χ0) is 25.8. The van der Waals surface area contributed by atoms with Gasteiger partial charge in [-0.15, -0.1) is 0 Å². The number of nitrogens with zero attached hydrogens (tertiary/aromatic N) is 2. The molecule has 1 saturated heterocycles. The molecule has 0 amide bonds. The SMILES string of the molecule is C1COCC[NH2+]1.Cn1c([O-])c(C(c2ccccc2)c2c(O)c3ccccc3oc2=O)c(=O)n(C)c1=O. The van der Waals surface area contributed by atoms with Crippen molar-refractivity contribution in [3.63, 3.8) is 0 Å². The Labute approximate surface area is 205 Å². The van der Waals surface area contributed by atoms with Crippen LogP contribution >= 0.6 is 0 Å². The third-order valence-electron chi connectivity index (χ3n) is 6.11. The Hall–Kier alpha value is -4.15. The Morgan fingerprint density at radius 3 is 2.17 bits per heavy atom. The summed E-state index contributed by atoms with van der Waals surface area (Å²) in [5.74, 6) is -2.46. The third kappa shape index (κ3) is 4.68. The van der Waals surface area contributed by atoms with E-state index in [0.717, 1.165) is 35.4 Å². The van der Waals surface area contributed by atoms with Crippen LogP contribution in [0.3, 0.4) is 0 Å². The van der Waals surface area contributed by atoms with Crippen molar-refractivity contribution in [2.45, 2.75) is 5.92 Å². The maximum Gasteiger partial charge on any atom is 0.344 e. The normalized spacial score (nSPS) is 14.2. The molecule has 1 aliphatic rings. The number of rotatable bonds is 3. The number of hydrogen-bond acceptors (Lipinski definition) is 7. The van der Waals surface area contributed by atoms with Crippen LogP contribution in [0.2, 0.25) is 0 Å². The van der Waals surface area contributed by atoms with Crippen LogP contribution in [-0.4, -0.2) is 40.5 Å². The first-order valence-corrected chi connectivity index (χ1v) is 11.5. The summed E-state index contributed by atoms with van der Waals surface area (Å²) in [6.45, 7) is 4.19. The number of nitrogens with two attached hydrogens (primary N) is 1. The number of hydrogen-bond donors (Lipinski definition) is 2. The van der Waals surface area contributed by atoms with Gasteiger partial charge in [0, 0.05) is 19.7 Å². The van der Waals surface area contributed by atoms with Gasteiger partial charge in [0.1, 0.15) is 11.3 Å². The second-order valence-corrected chi connectivity index (χ2v) is 8.39. The lowest BCUT2D eigenvalue weighted by Gasteiger charge is -2.25. The Bertz CT molecular complexity index is 1540. The second-order valence-electron chi connectivity index (χ2n) is 8.39. The van der Waals surface area contributed by atoms with E-state index in [1.807, 2.05) is 0 Å². The molecule has 1 fully saturated rings. The van der Waals surface area contributed by atoms with E-state index in [4.69, 9.17) is 9.15 Å². The molecule has 0 aliphatic carbocycles. The number of aromatic nitrogens is 2. The average Bonchev–Trinajstić information content (AvgIpc) is 2.92. The predicted octanol–water partition coefficient (Wildman–Crippen LogP) is -0.270. The highest BCUT2D eigenvalue weighted by Gasteiger charge is 2.30. The average molecular weight is 494 g/mol. The van der Waals surface area contributed by atoms with Crippen LogP contribution in [0, 0.1) is 0 Å². The van der Waals surface area contributed by atoms with Gasteiger partial charge in [0.05, 0.1) is 43.2 Å². The van der Waals surface area contributed by atoms with E-state index in [9.17, 15) is 24.6 Å². The van der Waals surface area contributed by atoms with Crippen molar-refractivity contribution >= 4 is 11.0 Å².